The van der Waals surface area contributed by atoms with Crippen molar-refractivity contribution in [3.8, 4) is 11.1 Å². The molecule has 0 saturated carbocycles. The highest BCUT2D eigenvalue weighted by molar-refractivity contribution is 5.98. The molecule has 6 N–H and O–H groups in total. The Labute approximate surface area is 259 Å². The van der Waals surface area contributed by atoms with Gasteiger partial charge in [0.05, 0.1) is 25.0 Å². The van der Waals surface area contributed by atoms with Crippen LogP contribution in [0, 0.1) is 13.8 Å². The number of nitrogens with two attached hydrogens (primary N) is 1. The Morgan fingerprint density at radius 3 is 2.32 bits per heavy atom. The average Bonchev–Trinajstić information content (AvgIpc) is 3.03. The number of carboxylic acids is 1. The van der Waals surface area contributed by atoms with E-state index in [4.69, 9.17) is 5.73 Å². The predicted octanol–water partition coefficient (Wildman–Crippen LogP) is 5.51. The standard InChI is InChI=1S/C33H37N5O4.C2H6/c1-21-15-17-36-30(18-21)35-16-5-8-28(34)33(42)37-20-31(39)38-29(19-32(40)41)24-12-10-23(11-13-24)26-14-9-22(2)25-6-3-4-7-27(25)26;1-2/h3-4,6-7,9-15,17-18,28-29H,5,8,16,19-20,34H2,1-2H3,(H,35,36)(H,37,42)(H,38,39)(H,40,41);1-2H3. The van der Waals surface area contributed by atoms with Crippen molar-refractivity contribution in [2.45, 2.75) is 59.0 Å². The Bertz CT molecular complexity index is 1550. The smallest absolute Gasteiger partial charge is 0.305 e. The van der Waals surface area contributed by atoms with Gasteiger partial charge in [0.2, 0.25) is 11.8 Å². The molecule has 1 aromatic heterocycles. The van der Waals surface area contributed by atoms with Crippen molar-refractivity contribution in [1.82, 2.24) is 15.6 Å². The van der Waals surface area contributed by atoms with E-state index in [1.165, 1.54) is 10.9 Å². The van der Waals surface area contributed by atoms with E-state index in [0.717, 1.165) is 27.9 Å². The molecular weight excluding hydrogens is 554 g/mol. The summed E-state index contributed by atoms with van der Waals surface area (Å²) in [5.41, 5.74) is 11.0. The Morgan fingerprint density at radius 1 is 0.932 bits per heavy atom. The number of carbonyl (C=O) groups is 3. The zero-order valence-electron chi connectivity index (χ0n) is 25.9. The van der Waals surface area contributed by atoms with Gasteiger partial charge in [-0.25, -0.2) is 4.98 Å². The van der Waals surface area contributed by atoms with Gasteiger partial charge in [0.25, 0.3) is 0 Å². The van der Waals surface area contributed by atoms with Crippen LogP contribution in [-0.2, 0) is 14.4 Å². The number of hydrogen-bond acceptors (Lipinski definition) is 6. The van der Waals surface area contributed by atoms with Crippen molar-refractivity contribution < 1.29 is 19.5 Å². The molecule has 232 valence electrons. The molecule has 3 aromatic carbocycles. The lowest BCUT2D eigenvalue weighted by Crippen LogP contribution is -2.45. The lowest BCUT2D eigenvalue weighted by atomic mass is 9.94. The van der Waals surface area contributed by atoms with E-state index in [0.29, 0.717) is 24.9 Å². The van der Waals surface area contributed by atoms with Gasteiger partial charge in [-0.15, -0.1) is 0 Å². The molecule has 2 amide bonds. The number of carboxylic acid groups (broad SMARTS) is 1. The molecule has 44 heavy (non-hydrogen) atoms. The number of nitrogens with zero attached hydrogens (tertiary/aromatic N) is 1. The summed E-state index contributed by atoms with van der Waals surface area (Å²) in [4.78, 5) is 40.9. The molecule has 1 heterocycles. The molecule has 0 radical (unpaired) electrons. The van der Waals surface area contributed by atoms with Crippen LogP contribution in [0.3, 0.4) is 0 Å². The molecule has 0 aliphatic heterocycles. The van der Waals surface area contributed by atoms with E-state index in [-0.39, 0.29) is 13.0 Å². The van der Waals surface area contributed by atoms with Crippen LogP contribution in [0.5, 0.6) is 0 Å². The molecule has 0 aliphatic carbocycles. The molecule has 0 saturated heterocycles. The maximum absolute atomic E-state index is 12.7. The van der Waals surface area contributed by atoms with Crippen molar-refractivity contribution in [2.24, 2.45) is 5.73 Å². The number of fused-ring (bicyclic) bond motifs is 1. The summed E-state index contributed by atoms with van der Waals surface area (Å²) in [5.74, 6) is -1.22. The summed E-state index contributed by atoms with van der Waals surface area (Å²) in [6, 6.07) is 22.2. The molecule has 9 heteroatoms. The summed E-state index contributed by atoms with van der Waals surface area (Å²) in [7, 11) is 0. The van der Waals surface area contributed by atoms with Crippen LogP contribution in [0.1, 0.15) is 55.8 Å². The van der Waals surface area contributed by atoms with Crippen molar-refractivity contribution in [3.63, 3.8) is 0 Å². The number of aryl methyl sites for hydroxylation is 2. The van der Waals surface area contributed by atoms with Gasteiger partial charge in [0.1, 0.15) is 5.82 Å². The number of aliphatic carboxylic acids is 1. The van der Waals surface area contributed by atoms with E-state index in [1.807, 2.05) is 69.3 Å². The molecule has 2 unspecified atom stereocenters. The number of amides is 2. The second kappa shape index (κ2) is 16.8. The van der Waals surface area contributed by atoms with E-state index in [9.17, 15) is 19.5 Å². The third-order valence-electron chi connectivity index (χ3n) is 7.15. The molecule has 0 aliphatic rings. The fourth-order valence-corrected chi connectivity index (χ4v) is 4.87. The van der Waals surface area contributed by atoms with E-state index >= 15 is 0 Å². The number of benzene rings is 3. The van der Waals surface area contributed by atoms with Gasteiger partial charge >= 0.3 is 5.97 Å². The highest BCUT2D eigenvalue weighted by Gasteiger charge is 2.20. The molecule has 0 bridgehead atoms. The summed E-state index contributed by atoms with van der Waals surface area (Å²) in [5, 5.41) is 20.3. The maximum atomic E-state index is 12.7. The first-order valence-corrected chi connectivity index (χ1v) is 15.0. The van der Waals surface area contributed by atoms with E-state index < -0.39 is 29.9 Å². The fraction of sp³-hybridized carbons (Fsp3) is 0.314. The second-order valence-corrected chi connectivity index (χ2v) is 10.4. The Kier molecular flexibility index (Phi) is 12.9. The van der Waals surface area contributed by atoms with Crippen LogP contribution in [0.4, 0.5) is 5.82 Å². The number of carbonyl (C=O) groups excluding carboxylic acids is 2. The normalized spacial score (nSPS) is 11.9. The minimum absolute atomic E-state index is 0.297. The zero-order valence-corrected chi connectivity index (χ0v) is 25.9. The van der Waals surface area contributed by atoms with Gasteiger partial charge in [-0.2, -0.15) is 0 Å². The monoisotopic (exact) mass is 597 g/mol. The van der Waals surface area contributed by atoms with Crippen LogP contribution in [0.25, 0.3) is 21.9 Å². The van der Waals surface area contributed by atoms with Gasteiger partial charge in [-0.05, 0) is 77.4 Å². The number of nitrogens with one attached hydrogen (secondary N) is 3. The Balaban J connectivity index is 0.00000259. The summed E-state index contributed by atoms with van der Waals surface area (Å²) < 4.78 is 0. The van der Waals surface area contributed by atoms with Crippen molar-refractivity contribution in [1.29, 1.82) is 0 Å². The van der Waals surface area contributed by atoms with Gasteiger partial charge in [-0.1, -0.05) is 74.5 Å². The molecule has 0 fully saturated rings. The largest absolute Gasteiger partial charge is 0.481 e. The zero-order chi connectivity index (χ0) is 32.1. The van der Waals surface area contributed by atoms with Crippen molar-refractivity contribution >= 4 is 34.4 Å². The minimum Gasteiger partial charge on any atom is -0.481 e. The van der Waals surface area contributed by atoms with Crippen LogP contribution >= 0.6 is 0 Å². The minimum atomic E-state index is -1.05. The molecule has 4 aromatic rings. The van der Waals surface area contributed by atoms with Gasteiger partial charge in [0, 0.05) is 12.7 Å². The van der Waals surface area contributed by atoms with Crippen LogP contribution < -0.4 is 21.7 Å². The lowest BCUT2D eigenvalue weighted by molar-refractivity contribution is -0.138. The highest BCUT2D eigenvalue weighted by Crippen LogP contribution is 2.31. The average molecular weight is 598 g/mol. The van der Waals surface area contributed by atoms with E-state index in [2.05, 4.69) is 52.1 Å². The van der Waals surface area contributed by atoms with Gasteiger partial charge in [-0.3, -0.25) is 14.4 Å². The van der Waals surface area contributed by atoms with Gasteiger partial charge < -0.3 is 26.8 Å². The summed E-state index contributed by atoms with van der Waals surface area (Å²) in [6.07, 6.45) is 2.50. The summed E-state index contributed by atoms with van der Waals surface area (Å²) >= 11 is 0. The van der Waals surface area contributed by atoms with Crippen LogP contribution in [-0.4, -0.2) is 47.0 Å². The quantitative estimate of drug-likeness (QED) is 0.128. The first kappa shape index (κ1) is 33.7. The first-order valence-electron chi connectivity index (χ1n) is 15.0. The number of hydrogen-bond donors (Lipinski definition) is 5. The summed E-state index contributed by atoms with van der Waals surface area (Å²) in [6.45, 7) is 8.36. The third-order valence-corrected chi connectivity index (χ3v) is 7.15. The van der Waals surface area contributed by atoms with Crippen molar-refractivity contribution in [2.75, 3.05) is 18.4 Å². The molecule has 2 atom stereocenters. The Morgan fingerprint density at radius 2 is 1.64 bits per heavy atom. The predicted molar refractivity (Wildman–Crippen MR) is 176 cm³/mol. The molecular formula is C35H43N5O4. The van der Waals surface area contributed by atoms with Crippen LogP contribution in [0.15, 0.2) is 79.0 Å². The number of rotatable bonds is 13. The number of aromatic nitrogens is 1. The maximum Gasteiger partial charge on any atom is 0.305 e. The molecule has 0 spiro atoms. The second-order valence-electron chi connectivity index (χ2n) is 10.4. The van der Waals surface area contributed by atoms with Crippen LogP contribution in [0.2, 0.25) is 0 Å². The first-order chi connectivity index (χ1) is 21.2. The van der Waals surface area contributed by atoms with Gasteiger partial charge in [0.15, 0.2) is 0 Å². The fourth-order valence-electron chi connectivity index (χ4n) is 4.87. The van der Waals surface area contributed by atoms with Crippen molar-refractivity contribution in [3.05, 3.63) is 95.7 Å². The lowest BCUT2D eigenvalue weighted by Gasteiger charge is -2.19. The molecule has 9 nitrogen and oxygen atoms in total. The number of anilines is 1. The SMILES string of the molecule is CC.Cc1ccnc(NCCCC(N)C(=O)NCC(=O)NC(CC(=O)O)c2ccc(-c3ccc(C)c4ccccc34)cc2)c1. The third kappa shape index (κ3) is 9.64. The Hall–Kier alpha value is -4.76. The van der Waals surface area contributed by atoms with E-state index in [1.54, 1.807) is 6.20 Å². The number of pyridine rings is 1. The highest BCUT2D eigenvalue weighted by atomic mass is 16.4. The molecule has 4 rings (SSSR count). The topological polar surface area (TPSA) is 146 Å².